The fourth-order valence-corrected chi connectivity index (χ4v) is 4.38. The molecule has 2 rings (SSSR count). The van der Waals surface area contributed by atoms with Crippen molar-refractivity contribution in [1.82, 2.24) is 0 Å². The summed E-state index contributed by atoms with van der Waals surface area (Å²) in [7, 11) is 0. The lowest BCUT2D eigenvalue weighted by atomic mass is 10.2. The Morgan fingerprint density at radius 3 is 2.56 bits per heavy atom. The van der Waals surface area contributed by atoms with Gasteiger partial charge >= 0.3 is 0 Å². The lowest BCUT2D eigenvalue weighted by Gasteiger charge is -2.23. The zero-order chi connectivity index (χ0) is 11.2. The van der Waals surface area contributed by atoms with Crippen LogP contribution in [0.1, 0.15) is 12.0 Å². The van der Waals surface area contributed by atoms with E-state index >= 15 is 0 Å². The predicted molar refractivity (Wildman–Crippen MR) is 74.8 cm³/mol. The first kappa shape index (κ1) is 12.1. The van der Waals surface area contributed by atoms with Gasteiger partial charge in [0.05, 0.1) is 10.7 Å². The van der Waals surface area contributed by atoms with Crippen LogP contribution in [-0.4, -0.2) is 27.3 Å². The Balaban J connectivity index is 1.91. The quantitative estimate of drug-likeness (QED) is 0.891. The van der Waals surface area contributed by atoms with Crippen molar-refractivity contribution in [2.45, 2.75) is 17.1 Å². The molecule has 0 aliphatic carbocycles. The second kappa shape index (κ2) is 6.38. The summed E-state index contributed by atoms with van der Waals surface area (Å²) < 4.78 is 0.314. The Kier molecular flexibility index (Phi) is 4.82. The summed E-state index contributed by atoms with van der Waals surface area (Å²) in [5.74, 6) is 2.35. The van der Waals surface area contributed by atoms with Gasteiger partial charge < -0.3 is 5.11 Å². The van der Waals surface area contributed by atoms with Gasteiger partial charge in [-0.2, -0.15) is 0 Å². The van der Waals surface area contributed by atoms with Gasteiger partial charge in [-0.25, -0.2) is 0 Å². The summed E-state index contributed by atoms with van der Waals surface area (Å²) in [6.45, 7) is 0. The highest BCUT2D eigenvalue weighted by atomic mass is 32.2. The van der Waals surface area contributed by atoms with Crippen LogP contribution < -0.4 is 0 Å². The van der Waals surface area contributed by atoms with Gasteiger partial charge in [0, 0.05) is 0 Å². The molecule has 1 N–H and O–H groups in total. The molecule has 0 bridgehead atoms. The third kappa shape index (κ3) is 3.58. The van der Waals surface area contributed by atoms with Crippen LogP contribution in [-0.2, 0) is 0 Å². The molecule has 0 amide bonds. The fourth-order valence-electron chi connectivity index (χ4n) is 1.57. The van der Waals surface area contributed by atoms with Gasteiger partial charge in [0.1, 0.15) is 0 Å². The molecule has 1 fully saturated rings. The van der Waals surface area contributed by atoms with Crippen molar-refractivity contribution in [1.29, 1.82) is 0 Å². The van der Waals surface area contributed by atoms with Gasteiger partial charge in [-0.1, -0.05) is 42.5 Å². The molecule has 1 heterocycles. The van der Waals surface area contributed by atoms with Crippen LogP contribution in [0.3, 0.4) is 0 Å². The number of thioether (sulfide) groups is 2. The first-order chi connectivity index (χ1) is 7.86. The number of hydrogen-bond donors (Lipinski definition) is 1. The molecule has 1 aliphatic rings. The maximum atomic E-state index is 10.0. The zero-order valence-electron chi connectivity index (χ0n) is 9.08. The summed E-state index contributed by atoms with van der Waals surface area (Å²) in [6, 6.07) is 10.1. The Morgan fingerprint density at radius 1 is 1.19 bits per heavy atom. The Labute approximate surface area is 105 Å². The Bertz CT molecular complexity index is 331. The van der Waals surface area contributed by atoms with Gasteiger partial charge in [-0.3, -0.25) is 0 Å². The highest BCUT2D eigenvalue weighted by molar-refractivity contribution is 8.17. The third-order valence-electron chi connectivity index (χ3n) is 2.42. The SMILES string of the molecule is OC(/C=C/c1ccccc1)C1SCCCS1. The molecule has 0 radical (unpaired) electrons. The van der Waals surface area contributed by atoms with E-state index in [1.807, 2.05) is 66.0 Å². The molecule has 0 aromatic heterocycles. The molecule has 1 aliphatic heterocycles. The molecule has 1 aromatic carbocycles. The Morgan fingerprint density at radius 2 is 1.88 bits per heavy atom. The van der Waals surface area contributed by atoms with Crippen molar-refractivity contribution in [3.8, 4) is 0 Å². The van der Waals surface area contributed by atoms with E-state index < -0.39 is 0 Å². The monoisotopic (exact) mass is 252 g/mol. The smallest absolute Gasteiger partial charge is 0.0934 e. The van der Waals surface area contributed by atoms with Crippen LogP contribution in [0, 0.1) is 0 Å². The molecule has 16 heavy (non-hydrogen) atoms. The summed E-state index contributed by atoms with van der Waals surface area (Å²) >= 11 is 3.74. The molecule has 1 atom stereocenters. The second-order valence-corrected chi connectivity index (χ2v) is 6.52. The van der Waals surface area contributed by atoms with Crippen LogP contribution in [0.4, 0.5) is 0 Å². The average molecular weight is 252 g/mol. The van der Waals surface area contributed by atoms with E-state index in [4.69, 9.17) is 0 Å². The minimum atomic E-state index is -0.337. The van der Waals surface area contributed by atoms with E-state index in [2.05, 4.69) is 0 Å². The largest absolute Gasteiger partial charge is 0.387 e. The highest BCUT2D eigenvalue weighted by Gasteiger charge is 2.20. The molecule has 0 saturated carbocycles. The molecule has 3 heteroatoms. The van der Waals surface area contributed by atoms with E-state index in [0.717, 1.165) is 5.56 Å². The molecule has 1 aromatic rings. The summed E-state index contributed by atoms with van der Waals surface area (Å²) in [4.78, 5) is 0. The summed E-state index contributed by atoms with van der Waals surface area (Å²) in [5, 5.41) is 10.0. The third-order valence-corrected chi connectivity index (χ3v) is 5.50. The molecule has 1 unspecified atom stereocenters. The molecular weight excluding hydrogens is 236 g/mol. The number of aliphatic hydroxyl groups excluding tert-OH is 1. The van der Waals surface area contributed by atoms with Gasteiger partial charge in [0.15, 0.2) is 0 Å². The number of hydrogen-bond acceptors (Lipinski definition) is 3. The summed E-state index contributed by atoms with van der Waals surface area (Å²) in [6.07, 6.45) is 4.84. The summed E-state index contributed by atoms with van der Waals surface area (Å²) in [5.41, 5.74) is 1.15. The van der Waals surface area contributed by atoms with Crippen molar-refractivity contribution >= 4 is 29.6 Å². The van der Waals surface area contributed by atoms with Crippen molar-refractivity contribution in [3.05, 3.63) is 42.0 Å². The van der Waals surface area contributed by atoms with E-state index in [9.17, 15) is 5.11 Å². The lowest BCUT2D eigenvalue weighted by molar-refractivity contribution is 0.241. The first-order valence-electron chi connectivity index (χ1n) is 5.51. The first-order valence-corrected chi connectivity index (χ1v) is 7.60. The minimum absolute atomic E-state index is 0.314. The molecule has 1 saturated heterocycles. The predicted octanol–water partition coefficient (Wildman–Crippen LogP) is 3.26. The Hall–Kier alpha value is -0.380. The minimum Gasteiger partial charge on any atom is -0.387 e. The van der Waals surface area contributed by atoms with Gasteiger partial charge in [-0.15, -0.1) is 23.5 Å². The van der Waals surface area contributed by atoms with E-state index in [0.29, 0.717) is 4.58 Å². The number of aliphatic hydroxyl groups is 1. The van der Waals surface area contributed by atoms with E-state index in [-0.39, 0.29) is 6.10 Å². The zero-order valence-corrected chi connectivity index (χ0v) is 10.7. The van der Waals surface area contributed by atoms with E-state index in [1.165, 1.54) is 17.9 Å². The fraction of sp³-hybridized carbons (Fsp3) is 0.385. The van der Waals surface area contributed by atoms with Crippen LogP contribution in [0.5, 0.6) is 0 Å². The topological polar surface area (TPSA) is 20.2 Å². The van der Waals surface area contributed by atoms with E-state index in [1.54, 1.807) is 0 Å². The van der Waals surface area contributed by atoms with Crippen LogP contribution >= 0.6 is 23.5 Å². The number of benzene rings is 1. The second-order valence-electron chi connectivity index (χ2n) is 3.72. The normalized spacial score (nSPS) is 20.1. The van der Waals surface area contributed by atoms with Crippen molar-refractivity contribution in [2.24, 2.45) is 0 Å². The molecule has 86 valence electrons. The van der Waals surface area contributed by atoms with Crippen molar-refractivity contribution in [3.63, 3.8) is 0 Å². The maximum Gasteiger partial charge on any atom is 0.0934 e. The lowest BCUT2D eigenvalue weighted by Crippen LogP contribution is -2.21. The molecule has 1 nitrogen and oxygen atoms in total. The van der Waals surface area contributed by atoms with Gasteiger partial charge in [-0.05, 0) is 23.5 Å². The number of rotatable bonds is 3. The van der Waals surface area contributed by atoms with Crippen molar-refractivity contribution < 1.29 is 5.11 Å². The van der Waals surface area contributed by atoms with Crippen LogP contribution in [0.2, 0.25) is 0 Å². The average Bonchev–Trinajstić information content (AvgIpc) is 2.38. The standard InChI is InChI=1S/C13H16OS2/c14-12(13-15-9-4-10-16-13)8-7-11-5-2-1-3-6-11/h1-3,5-8,12-14H,4,9-10H2/b8-7+. The maximum absolute atomic E-state index is 10.0. The molecule has 0 spiro atoms. The van der Waals surface area contributed by atoms with Crippen LogP contribution in [0.15, 0.2) is 36.4 Å². The highest BCUT2D eigenvalue weighted by Crippen LogP contribution is 2.33. The van der Waals surface area contributed by atoms with Crippen LogP contribution in [0.25, 0.3) is 6.08 Å². The van der Waals surface area contributed by atoms with Crippen molar-refractivity contribution in [2.75, 3.05) is 11.5 Å². The van der Waals surface area contributed by atoms with Gasteiger partial charge in [0.2, 0.25) is 0 Å². The molecular formula is C13H16OS2. The van der Waals surface area contributed by atoms with Gasteiger partial charge in [0.25, 0.3) is 0 Å².